The van der Waals surface area contributed by atoms with Gasteiger partial charge in [-0.2, -0.15) is 0 Å². The number of hydrogen-bond acceptors (Lipinski definition) is 3. The lowest BCUT2D eigenvalue weighted by atomic mass is 10.2. The molecule has 0 aliphatic carbocycles. The number of carbonyl (C=O) groups excluding carboxylic acids is 1. The third-order valence-corrected chi connectivity index (χ3v) is 2.84. The van der Waals surface area contributed by atoms with E-state index in [2.05, 4.69) is 29.2 Å². The van der Waals surface area contributed by atoms with Crippen LogP contribution in [0.2, 0.25) is 0 Å². The van der Waals surface area contributed by atoms with Crippen molar-refractivity contribution in [3.8, 4) is 0 Å². The number of likely N-dealkylation sites (N-methyl/N-ethyl adjacent to an activating group) is 2. The van der Waals surface area contributed by atoms with Crippen molar-refractivity contribution in [1.82, 2.24) is 15.1 Å². The van der Waals surface area contributed by atoms with Crippen molar-refractivity contribution in [2.75, 3.05) is 40.3 Å². The number of amides is 1. The van der Waals surface area contributed by atoms with Gasteiger partial charge in [0.2, 0.25) is 5.91 Å². The molecule has 1 fully saturated rings. The number of carbonyl (C=O) groups is 1. The number of hydrogen-bond donors (Lipinski definition) is 1. The Morgan fingerprint density at radius 3 is 2.79 bits per heavy atom. The fourth-order valence-corrected chi connectivity index (χ4v) is 1.68. The topological polar surface area (TPSA) is 35.6 Å². The van der Waals surface area contributed by atoms with Crippen LogP contribution in [0.15, 0.2) is 0 Å². The second-order valence-electron chi connectivity index (χ2n) is 4.05. The molecule has 0 spiro atoms. The van der Waals surface area contributed by atoms with E-state index in [1.165, 1.54) is 0 Å². The van der Waals surface area contributed by atoms with Crippen LogP contribution in [0.25, 0.3) is 0 Å². The summed E-state index contributed by atoms with van der Waals surface area (Å²) in [5.74, 6) is 0.145. The monoisotopic (exact) mass is 199 g/mol. The zero-order valence-electron chi connectivity index (χ0n) is 9.42. The minimum atomic E-state index is 0.145. The smallest absolute Gasteiger partial charge is 0.219 e. The van der Waals surface area contributed by atoms with E-state index in [0.717, 1.165) is 26.2 Å². The van der Waals surface area contributed by atoms with Gasteiger partial charge in [0.25, 0.3) is 0 Å². The zero-order chi connectivity index (χ0) is 10.6. The lowest BCUT2D eigenvalue weighted by Crippen LogP contribution is -2.54. The molecular weight excluding hydrogens is 178 g/mol. The molecular formula is C10H21N3O. The highest BCUT2D eigenvalue weighted by Crippen LogP contribution is 2.04. The molecule has 1 heterocycles. The van der Waals surface area contributed by atoms with Crippen LogP contribution in [0.5, 0.6) is 0 Å². The van der Waals surface area contributed by atoms with Crippen LogP contribution in [0.1, 0.15) is 13.3 Å². The summed E-state index contributed by atoms with van der Waals surface area (Å²) < 4.78 is 0. The maximum absolute atomic E-state index is 11.1. The van der Waals surface area contributed by atoms with Gasteiger partial charge in [0, 0.05) is 38.6 Å². The molecule has 0 aromatic rings. The first-order chi connectivity index (χ1) is 6.63. The number of nitrogens with zero attached hydrogens (tertiary/aromatic N) is 2. The van der Waals surface area contributed by atoms with Gasteiger partial charge in [0.15, 0.2) is 0 Å². The maximum atomic E-state index is 11.1. The van der Waals surface area contributed by atoms with Crippen molar-refractivity contribution >= 4 is 5.91 Å². The molecule has 14 heavy (non-hydrogen) atoms. The molecule has 0 radical (unpaired) electrons. The van der Waals surface area contributed by atoms with Gasteiger partial charge in [-0.1, -0.05) is 6.92 Å². The summed E-state index contributed by atoms with van der Waals surface area (Å²) in [6, 6.07) is 0.462. The van der Waals surface area contributed by atoms with Gasteiger partial charge in [-0.15, -0.1) is 0 Å². The lowest BCUT2D eigenvalue weighted by Gasteiger charge is -2.37. The largest absolute Gasteiger partial charge is 0.354 e. The minimum Gasteiger partial charge on any atom is -0.354 e. The molecule has 1 amide bonds. The third kappa shape index (κ3) is 3.27. The lowest BCUT2D eigenvalue weighted by molar-refractivity contribution is -0.121. The Hall–Kier alpha value is -0.610. The third-order valence-electron chi connectivity index (χ3n) is 2.84. The van der Waals surface area contributed by atoms with Crippen LogP contribution in [-0.2, 0) is 4.79 Å². The molecule has 1 N–H and O–H groups in total. The summed E-state index contributed by atoms with van der Waals surface area (Å²) in [7, 11) is 4.25. The van der Waals surface area contributed by atoms with E-state index >= 15 is 0 Å². The fourth-order valence-electron chi connectivity index (χ4n) is 1.68. The summed E-state index contributed by atoms with van der Waals surface area (Å²) in [6.07, 6.45) is 0.576. The predicted octanol–water partition coefficient (Wildman–Crippen LogP) is -0.242. The number of rotatable bonds is 3. The highest BCUT2D eigenvalue weighted by molar-refractivity contribution is 5.75. The molecule has 0 bridgehead atoms. The Morgan fingerprint density at radius 2 is 2.14 bits per heavy atom. The molecule has 1 unspecified atom stereocenters. The van der Waals surface area contributed by atoms with Gasteiger partial charge in [0.05, 0.1) is 0 Å². The van der Waals surface area contributed by atoms with E-state index in [9.17, 15) is 4.79 Å². The molecule has 0 aromatic carbocycles. The summed E-state index contributed by atoms with van der Waals surface area (Å²) in [6.45, 7) is 5.90. The maximum Gasteiger partial charge on any atom is 0.219 e. The first-order valence-electron chi connectivity index (χ1n) is 5.29. The average molecular weight is 199 g/mol. The molecule has 1 aliphatic rings. The highest BCUT2D eigenvalue weighted by Gasteiger charge is 2.21. The molecule has 4 nitrogen and oxygen atoms in total. The van der Waals surface area contributed by atoms with Gasteiger partial charge in [0.1, 0.15) is 0 Å². The Kier molecular flexibility index (Phi) is 4.35. The van der Waals surface area contributed by atoms with E-state index in [4.69, 9.17) is 0 Å². The van der Waals surface area contributed by atoms with Gasteiger partial charge >= 0.3 is 0 Å². The van der Waals surface area contributed by atoms with Crippen LogP contribution in [0, 0.1) is 0 Å². The first kappa shape index (κ1) is 11.5. The number of piperazine rings is 1. The van der Waals surface area contributed by atoms with Crippen molar-refractivity contribution in [3.63, 3.8) is 0 Å². The summed E-state index contributed by atoms with van der Waals surface area (Å²) in [5.41, 5.74) is 0. The second-order valence-corrected chi connectivity index (χ2v) is 4.05. The Bertz CT molecular complexity index is 196. The number of nitrogens with one attached hydrogen (secondary N) is 1. The molecule has 4 heteroatoms. The van der Waals surface area contributed by atoms with E-state index in [1.54, 1.807) is 0 Å². The highest BCUT2D eigenvalue weighted by atomic mass is 16.1. The predicted molar refractivity (Wildman–Crippen MR) is 57.2 cm³/mol. The minimum absolute atomic E-state index is 0.145. The molecule has 1 rings (SSSR count). The molecule has 1 atom stereocenters. The van der Waals surface area contributed by atoms with Crippen LogP contribution in [0.4, 0.5) is 0 Å². The van der Waals surface area contributed by atoms with Crippen LogP contribution in [0.3, 0.4) is 0 Å². The molecule has 0 aromatic heterocycles. The van der Waals surface area contributed by atoms with Crippen molar-refractivity contribution in [2.45, 2.75) is 19.4 Å². The van der Waals surface area contributed by atoms with E-state index < -0.39 is 0 Å². The van der Waals surface area contributed by atoms with Crippen molar-refractivity contribution in [1.29, 1.82) is 0 Å². The van der Waals surface area contributed by atoms with Gasteiger partial charge in [-0.25, -0.2) is 0 Å². The van der Waals surface area contributed by atoms with Crippen molar-refractivity contribution in [3.05, 3.63) is 0 Å². The Balaban J connectivity index is 2.30. The Labute approximate surface area is 86.2 Å². The van der Waals surface area contributed by atoms with E-state index in [-0.39, 0.29) is 5.91 Å². The van der Waals surface area contributed by atoms with Crippen molar-refractivity contribution in [2.24, 2.45) is 0 Å². The second kappa shape index (κ2) is 5.32. The molecule has 0 saturated carbocycles. The SMILES string of the molecule is CCC(=O)NCC1CN(C)CCN1C. The Morgan fingerprint density at radius 1 is 1.43 bits per heavy atom. The van der Waals surface area contributed by atoms with Crippen molar-refractivity contribution < 1.29 is 4.79 Å². The van der Waals surface area contributed by atoms with Crippen LogP contribution in [-0.4, -0.2) is 62.0 Å². The van der Waals surface area contributed by atoms with E-state index in [1.807, 2.05) is 6.92 Å². The normalized spacial score (nSPS) is 24.9. The van der Waals surface area contributed by atoms with Crippen LogP contribution < -0.4 is 5.32 Å². The zero-order valence-corrected chi connectivity index (χ0v) is 9.42. The molecule has 1 aliphatic heterocycles. The van der Waals surface area contributed by atoms with Gasteiger partial charge in [-0.3, -0.25) is 9.69 Å². The average Bonchev–Trinajstić information content (AvgIpc) is 2.19. The van der Waals surface area contributed by atoms with Gasteiger partial charge < -0.3 is 10.2 Å². The summed E-state index contributed by atoms with van der Waals surface area (Å²) in [5, 5.41) is 2.95. The quantitative estimate of drug-likeness (QED) is 0.681. The molecule has 1 saturated heterocycles. The summed E-state index contributed by atoms with van der Waals surface area (Å²) in [4.78, 5) is 15.7. The van der Waals surface area contributed by atoms with Gasteiger partial charge in [-0.05, 0) is 14.1 Å². The standard InChI is InChI=1S/C10H21N3O/c1-4-10(14)11-7-9-8-12(2)5-6-13(9)3/h9H,4-8H2,1-3H3,(H,11,14). The van der Waals surface area contributed by atoms with E-state index in [0.29, 0.717) is 12.5 Å². The fraction of sp³-hybridized carbons (Fsp3) is 0.900. The first-order valence-corrected chi connectivity index (χ1v) is 5.29. The molecule has 82 valence electrons. The summed E-state index contributed by atoms with van der Waals surface area (Å²) >= 11 is 0. The van der Waals surface area contributed by atoms with Crippen LogP contribution >= 0.6 is 0 Å².